The summed E-state index contributed by atoms with van der Waals surface area (Å²) >= 11 is 0. The number of hydrogen-bond acceptors (Lipinski definition) is 1. The SMILES string of the molecule is C[C@@H]1CC[C@H](C)N1C(=O)Nc1c(F)c(F)cc(F)c1F. The minimum atomic E-state index is -1.61. The van der Waals surface area contributed by atoms with Crippen LogP contribution >= 0.6 is 0 Å². The van der Waals surface area contributed by atoms with Crippen LogP contribution in [0.5, 0.6) is 0 Å². The lowest BCUT2D eigenvalue weighted by Crippen LogP contribution is -2.41. The smallest absolute Gasteiger partial charge is 0.319 e. The van der Waals surface area contributed by atoms with Gasteiger partial charge in [0.2, 0.25) is 0 Å². The fraction of sp³-hybridized carbons (Fsp3) is 0.462. The molecule has 0 saturated carbocycles. The summed E-state index contributed by atoms with van der Waals surface area (Å²) in [5.74, 6) is -6.34. The van der Waals surface area contributed by atoms with Gasteiger partial charge in [-0.3, -0.25) is 0 Å². The van der Waals surface area contributed by atoms with Crippen molar-refractivity contribution in [2.75, 3.05) is 5.32 Å². The summed E-state index contributed by atoms with van der Waals surface area (Å²) in [6.45, 7) is 3.59. The highest BCUT2D eigenvalue weighted by atomic mass is 19.2. The summed E-state index contributed by atoms with van der Waals surface area (Å²) in [6, 6.07) is -0.879. The largest absolute Gasteiger partial charge is 0.322 e. The molecule has 1 aromatic carbocycles. The second kappa shape index (κ2) is 5.30. The van der Waals surface area contributed by atoms with E-state index in [4.69, 9.17) is 0 Å². The molecule has 20 heavy (non-hydrogen) atoms. The van der Waals surface area contributed by atoms with E-state index in [0.29, 0.717) is 0 Å². The Balaban J connectivity index is 2.28. The van der Waals surface area contributed by atoms with E-state index in [9.17, 15) is 22.4 Å². The topological polar surface area (TPSA) is 32.3 Å². The molecule has 0 radical (unpaired) electrons. The van der Waals surface area contributed by atoms with Crippen molar-refractivity contribution in [3.63, 3.8) is 0 Å². The Labute approximate surface area is 113 Å². The first-order valence-corrected chi connectivity index (χ1v) is 6.25. The van der Waals surface area contributed by atoms with Crippen molar-refractivity contribution >= 4 is 11.7 Å². The molecule has 1 aliphatic rings. The average Bonchev–Trinajstić information content (AvgIpc) is 2.72. The van der Waals surface area contributed by atoms with Crippen molar-refractivity contribution < 1.29 is 22.4 Å². The van der Waals surface area contributed by atoms with Crippen LogP contribution < -0.4 is 5.32 Å². The van der Waals surface area contributed by atoms with Crippen LogP contribution in [-0.2, 0) is 0 Å². The molecule has 3 nitrogen and oxygen atoms in total. The summed E-state index contributed by atoms with van der Waals surface area (Å²) in [7, 11) is 0. The Kier molecular flexibility index (Phi) is 3.87. The molecule has 1 N–H and O–H groups in total. The molecular formula is C13H14F4N2O. The maximum absolute atomic E-state index is 13.5. The number of carbonyl (C=O) groups excluding carboxylic acids is 1. The molecule has 110 valence electrons. The average molecular weight is 290 g/mol. The molecule has 1 saturated heterocycles. The zero-order valence-electron chi connectivity index (χ0n) is 11.0. The van der Waals surface area contributed by atoms with Gasteiger partial charge in [-0.1, -0.05) is 0 Å². The van der Waals surface area contributed by atoms with E-state index in [1.54, 1.807) is 13.8 Å². The maximum Gasteiger partial charge on any atom is 0.322 e. The molecule has 1 heterocycles. The summed E-state index contributed by atoms with van der Waals surface area (Å²) in [5, 5.41) is 1.92. The van der Waals surface area contributed by atoms with E-state index in [-0.39, 0.29) is 18.2 Å². The zero-order valence-corrected chi connectivity index (χ0v) is 11.0. The molecule has 2 amide bonds. The first kappa shape index (κ1) is 14.6. The Morgan fingerprint density at radius 2 is 1.55 bits per heavy atom. The molecule has 2 rings (SSSR count). The van der Waals surface area contributed by atoms with Crippen LogP contribution in [0.25, 0.3) is 0 Å². The number of nitrogens with one attached hydrogen (secondary N) is 1. The first-order chi connectivity index (χ1) is 9.32. The monoisotopic (exact) mass is 290 g/mol. The number of hydrogen-bond donors (Lipinski definition) is 1. The van der Waals surface area contributed by atoms with Crippen molar-refractivity contribution in [3.8, 4) is 0 Å². The highest BCUT2D eigenvalue weighted by Gasteiger charge is 2.32. The highest BCUT2D eigenvalue weighted by Crippen LogP contribution is 2.27. The molecule has 0 aromatic heterocycles. The molecule has 1 fully saturated rings. The van der Waals surface area contributed by atoms with E-state index in [1.807, 2.05) is 5.32 Å². The number of halogens is 4. The predicted molar refractivity (Wildman–Crippen MR) is 65.3 cm³/mol. The number of carbonyl (C=O) groups is 1. The summed E-state index contributed by atoms with van der Waals surface area (Å²) < 4.78 is 53.0. The zero-order chi connectivity index (χ0) is 15.0. The van der Waals surface area contributed by atoms with E-state index < -0.39 is 35.0 Å². The highest BCUT2D eigenvalue weighted by molar-refractivity contribution is 5.90. The Morgan fingerprint density at radius 3 is 2.00 bits per heavy atom. The molecular weight excluding hydrogens is 276 g/mol. The Morgan fingerprint density at radius 1 is 1.10 bits per heavy atom. The molecule has 1 aromatic rings. The number of likely N-dealkylation sites (tertiary alicyclic amines) is 1. The van der Waals surface area contributed by atoms with Gasteiger partial charge < -0.3 is 10.2 Å². The third-order valence-electron chi connectivity index (χ3n) is 3.53. The number of nitrogens with zero attached hydrogens (tertiary/aromatic N) is 1. The van der Waals surface area contributed by atoms with Gasteiger partial charge in [0, 0.05) is 18.2 Å². The van der Waals surface area contributed by atoms with E-state index in [0.717, 1.165) is 12.8 Å². The van der Waals surface area contributed by atoms with E-state index in [2.05, 4.69) is 0 Å². The van der Waals surface area contributed by atoms with Crippen LogP contribution in [0, 0.1) is 23.3 Å². The van der Waals surface area contributed by atoms with Crippen LogP contribution in [0.15, 0.2) is 6.07 Å². The van der Waals surface area contributed by atoms with Gasteiger partial charge in [0.15, 0.2) is 23.3 Å². The van der Waals surface area contributed by atoms with Crippen molar-refractivity contribution in [1.82, 2.24) is 4.90 Å². The molecule has 7 heteroatoms. The lowest BCUT2D eigenvalue weighted by atomic mass is 10.2. The van der Waals surface area contributed by atoms with Gasteiger partial charge in [0.1, 0.15) is 5.69 Å². The number of rotatable bonds is 1. The third-order valence-corrected chi connectivity index (χ3v) is 3.53. The minimum absolute atomic E-state index is 0.0986. The lowest BCUT2D eigenvalue weighted by molar-refractivity contribution is 0.194. The van der Waals surface area contributed by atoms with Gasteiger partial charge in [-0.25, -0.2) is 22.4 Å². The number of benzene rings is 1. The predicted octanol–water partition coefficient (Wildman–Crippen LogP) is 3.65. The minimum Gasteiger partial charge on any atom is -0.319 e. The second-order valence-corrected chi connectivity index (χ2v) is 4.96. The van der Waals surface area contributed by atoms with Gasteiger partial charge in [-0.05, 0) is 26.7 Å². The Hall–Kier alpha value is -1.79. The number of amides is 2. The second-order valence-electron chi connectivity index (χ2n) is 4.96. The molecule has 2 atom stereocenters. The number of anilines is 1. The molecule has 0 aliphatic carbocycles. The van der Waals surface area contributed by atoms with E-state index >= 15 is 0 Å². The van der Waals surface area contributed by atoms with Crippen LogP contribution in [0.4, 0.5) is 28.0 Å². The van der Waals surface area contributed by atoms with Crippen LogP contribution in [0.2, 0.25) is 0 Å². The lowest BCUT2D eigenvalue weighted by Gasteiger charge is -2.26. The van der Waals surface area contributed by atoms with Crippen LogP contribution in [-0.4, -0.2) is 23.0 Å². The van der Waals surface area contributed by atoms with Crippen molar-refractivity contribution in [1.29, 1.82) is 0 Å². The van der Waals surface area contributed by atoms with Gasteiger partial charge in [-0.15, -0.1) is 0 Å². The Bertz CT molecular complexity index is 513. The van der Waals surface area contributed by atoms with Gasteiger partial charge >= 0.3 is 6.03 Å². The van der Waals surface area contributed by atoms with Crippen LogP contribution in [0.3, 0.4) is 0 Å². The van der Waals surface area contributed by atoms with Crippen molar-refractivity contribution in [2.45, 2.75) is 38.8 Å². The molecule has 1 aliphatic heterocycles. The number of urea groups is 1. The van der Waals surface area contributed by atoms with Crippen molar-refractivity contribution in [3.05, 3.63) is 29.3 Å². The summed E-state index contributed by atoms with van der Waals surface area (Å²) in [5.41, 5.74) is -1.10. The summed E-state index contributed by atoms with van der Waals surface area (Å²) in [4.78, 5) is 13.4. The standard InChI is InChI=1S/C13H14F4N2O/c1-6-3-4-7(2)19(6)13(20)18-12-10(16)8(14)5-9(15)11(12)17/h5-7H,3-4H2,1-2H3,(H,18,20)/t6-,7+. The third kappa shape index (κ3) is 2.44. The van der Waals surface area contributed by atoms with Crippen LogP contribution in [0.1, 0.15) is 26.7 Å². The summed E-state index contributed by atoms with van der Waals surface area (Å²) in [6.07, 6.45) is 1.52. The van der Waals surface area contributed by atoms with Gasteiger partial charge in [0.05, 0.1) is 0 Å². The first-order valence-electron chi connectivity index (χ1n) is 6.25. The molecule has 0 spiro atoms. The van der Waals surface area contributed by atoms with E-state index in [1.165, 1.54) is 4.90 Å². The molecule has 0 bridgehead atoms. The molecule has 0 unspecified atom stereocenters. The van der Waals surface area contributed by atoms with Gasteiger partial charge in [-0.2, -0.15) is 0 Å². The fourth-order valence-corrected chi connectivity index (χ4v) is 2.45. The normalized spacial score (nSPS) is 22.2. The quantitative estimate of drug-likeness (QED) is 0.621. The van der Waals surface area contributed by atoms with Crippen molar-refractivity contribution in [2.24, 2.45) is 0 Å². The fourth-order valence-electron chi connectivity index (χ4n) is 2.45. The maximum atomic E-state index is 13.5. The van der Waals surface area contributed by atoms with Gasteiger partial charge in [0.25, 0.3) is 0 Å².